The van der Waals surface area contributed by atoms with Crippen molar-refractivity contribution in [2.45, 2.75) is 54.0 Å². The number of rotatable bonds is 5. The van der Waals surface area contributed by atoms with Crippen molar-refractivity contribution in [2.75, 3.05) is 6.61 Å². The number of aliphatic hydroxyl groups excluding tert-OH is 2. The molecule has 0 spiro atoms. The van der Waals surface area contributed by atoms with Crippen molar-refractivity contribution < 1.29 is 40.6 Å². The number of allylic oxidation sites excluding steroid dienone is 4. The van der Waals surface area contributed by atoms with Gasteiger partial charge in [-0.05, 0) is 68.0 Å². The van der Waals surface area contributed by atoms with Gasteiger partial charge in [0.05, 0.1) is 21.3 Å². The van der Waals surface area contributed by atoms with E-state index in [0.29, 0.717) is 12.1 Å². The fraction of sp³-hybridized carbons (Fsp3) is 0.524. The van der Waals surface area contributed by atoms with Gasteiger partial charge in [0, 0.05) is 18.9 Å². The van der Waals surface area contributed by atoms with Crippen LogP contribution in [-0.4, -0.2) is 36.1 Å². The Morgan fingerprint density at radius 1 is 1.10 bits per heavy atom. The Hall–Kier alpha value is -1.78. The lowest BCUT2D eigenvalue weighted by Crippen LogP contribution is -2.53. The van der Waals surface area contributed by atoms with Crippen LogP contribution in [0.4, 0.5) is 22.0 Å². The van der Waals surface area contributed by atoms with Crippen molar-refractivity contribution in [2.24, 2.45) is 11.8 Å². The van der Waals surface area contributed by atoms with Gasteiger partial charge in [-0.2, -0.15) is 13.2 Å². The molecule has 1 unspecified atom stereocenters. The maximum atomic E-state index is 14.9. The molecule has 0 saturated heterocycles. The van der Waals surface area contributed by atoms with Crippen LogP contribution >= 0.6 is 0 Å². The van der Waals surface area contributed by atoms with Crippen LogP contribution in [0.5, 0.6) is 0 Å². The van der Waals surface area contributed by atoms with Crippen molar-refractivity contribution in [1.82, 2.24) is 0 Å². The summed E-state index contributed by atoms with van der Waals surface area (Å²) >= 11 is 0. The number of benzene rings is 1. The standard InChI is InChI=1S/C21H23F5O4S/c22-15-3-6-18(23)17(11-15)20(9-7-19(28)13(12-20)8-10-27)31(29,30)16-4-1-14(2-5-16)21(24,25)26/h1-6,13,17,19,27-28H,7-12H2/t13-,17?,19-,20-/m1/s1. The summed E-state index contributed by atoms with van der Waals surface area (Å²) in [6, 6.07) is 2.92. The van der Waals surface area contributed by atoms with E-state index < -0.39 is 67.2 Å². The summed E-state index contributed by atoms with van der Waals surface area (Å²) in [5, 5.41) is 19.6. The topological polar surface area (TPSA) is 74.6 Å². The zero-order chi connectivity index (χ0) is 23.0. The minimum Gasteiger partial charge on any atom is -0.396 e. The van der Waals surface area contributed by atoms with E-state index in [1.807, 2.05) is 0 Å². The number of sulfone groups is 1. The van der Waals surface area contributed by atoms with Gasteiger partial charge in [-0.25, -0.2) is 17.2 Å². The Labute approximate surface area is 177 Å². The van der Waals surface area contributed by atoms with E-state index in [2.05, 4.69) is 0 Å². The molecule has 10 heteroatoms. The summed E-state index contributed by atoms with van der Waals surface area (Å²) in [5.74, 6) is -3.63. The summed E-state index contributed by atoms with van der Waals surface area (Å²) in [6.45, 7) is -0.338. The van der Waals surface area contributed by atoms with Crippen LogP contribution in [0.3, 0.4) is 0 Å². The molecule has 1 aromatic rings. The van der Waals surface area contributed by atoms with Crippen molar-refractivity contribution in [3.8, 4) is 0 Å². The second-order valence-electron chi connectivity index (χ2n) is 8.09. The highest BCUT2D eigenvalue weighted by Crippen LogP contribution is 2.52. The third kappa shape index (κ3) is 4.42. The third-order valence-electron chi connectivity index (χ3n) is 6.33. The molecular formula is C21H23F5O4S. The fourth-order valence-corrected chi connectivity index (χ4v) is 7.01. The van der Waals surface area contributed by atoms with Gasteiger partial charge in [0.2, 0.25) is 0 Å². The van der Waals surface area contributed by atoms with Gasteiger partial charge >= 0.3 is 6.18 Å². The van der Waals surface area contributed by atoms with Crippen LogP contribution in [0.25, 0.3) is 0 Å². The molecule has 1 aromatic carbocycles. The van der Waals surface area contributed by atoms with Crippen LogP contribution in [0.2, 0.25) is 0 Å². The van der Waals surface area contributed by atoms with Crippen LogP contribution in [-0.2, 0) is 16.0 Å². The van der Waals surface area contributed by atoms with Gasteiger partial charge in [0.15, 0.2) is 9.84 Å². The molecule has 0 amide bonds. The molecule has 2 aliphatic carbocycles. The Morgan fingerprint density at radius 3 is 2.32 bits per heavy atom. The highest BCUT2D eigenvalue weighted by molar-refractivity contribution is 7.92. The minimum absolute atomic E-state index is 0.0281. The number of halogens is 5. The average Bonchev–Trinajstić information content (AvgIpc) is 2.71. The number of hydrogen-bond acceptors (Lipinski definition) is 4. The number of aliphatic hydroxyl groups is 2. The smallest absolute Gasteiger partial charge is 0.396 e. The zero-order valence-electron chi connectivity index (χ0n) is 16.4. The monoisotopic (exact) mass is 466 g/mol. The summed E-state index contributed by atoms with van der Waals surface area (Å²) < 4.78 is 93.2. The van der Waals surface area contributed by atoms with E-state index in [-0.39, 0.29) is 32.3 Å². The normalized spacial score (nSPS) is 30.0. The molecule has 0 aromatic heterocycles. The fourth-order valence-electron chi connectivity index (χ4n) is 4.66. The molecule has 1 saturated carbocycles. The van der Waals surface area contributed by atoms with Crippen LogP contribution in [0, 0.1) is 11.8 Å². The molecule has 4 nitrogen and oxygen atoms in total. The molecule has 4 atom stereocenters. The predicted octanol–water partition coefficient (Wildman–Crippen LogP) is 4.49. The highest BCUT2D eigenvalue weighted by Gasteiger charge is 2.56. The Balaban J connectivity index is 2.12. The summed E-state index contributed by atoms with van der Waals surface area (Å²) in [4.78, 5) is -0.428. The lowest BCUT2D eigenvalue weighted by molar-refractivity contribution is -0.137. The molecule has 172 valence electrons. The van der Waals surface area contributed by atoms with Crippen molar-refractivity contribution >= 4 is 9.84 Å². The van der Waals surface area contributed by atoms with Gasteiger partial charge < -0.3 is 10.2 Å². The van der Waals surface area contributed by atoms with Crippen molar-refractivity contribution in [1.29, 1.82) is 0 Å². The van der Waals surface area contributed by atoms with Gasteiger partial charge in [-0.15, -0.1) is 0 Å². The predicted molar refractivity (Wildman–Crippen MR) is 103 cm³/mol. The Bertz CT molecular complexity index is 968. The minimum atomic E-state index is -4.66. The average molecular weight is 466 g/mol. The first kappa shape index (κ1) is 23.9. The quantitative estimate of drug-likeness (QED) is 0.628. The van der Waals surface area contributed by atoms with E-state index in [1.54, 1.807) is 0 Å². The van der Waals surface area contributed by atoms with Crippen LogP contribution in [0.1, 0.15) is 37.7 Å². The number of hydrogen-bond donors (Lipinski definition) is 2. The summed E-state index contributed by atoms with van der Waals surface area (Å²) in [6.07, 6.45) is -4.75. The first-order chi connectivity index (χ1) is 14.4. The summed E-state index contributed by atoms with van der Waals surface area (Å²) in [7, 11) is -4.45. The molecule has 2 N–H and O–H groups in total. The molecule has 0 radical (unpaired) electrons. The van der Waals surface area contributed by atoms with E-state index in [4.69, 9.17) is 0 Å². The van der Waals surface area contributed by atoms with E-state index >= 15 is 0 Å². The summed E-state index contributed by atoms with van der Waals surface area (Å²) in [5.41, 5.74) is -1.03. The number of alkyl halides is 3. The van der Waals surface area contributed by atoms with E-state index in [1.165, 1.54) is 0 Å². The lowest BCUT2D eigenvalue weighted by Gasteiger charge is -2.47. The lowest BCUT2D eigenvalue weighted by atomic mass is 9.70. The van der Waals surface area contributed by atoms with Crippen LogP contribution in [0.15, 0.2) is 53.0 Å². The molecule has 3 rings (SSSR count). The molecule has 0 heterocycles. The SMILES string of the molecule is O=S(=O)(c1ccc(C(F)(F)F)cc1)[C@]1(C2CC(F)=CC=C2F)CC[C@@H](O)[C@H](CCO)C1. The van der Waals surface area contributed by atoms with E-state index in [9.17, 15) is 40.6 Å². The Morgan fingerprint density at radius 2 is 1.74 bits per heavy atom. The molecule has 0 bridgehead atoms. The maximum absolute atomic E-state index is 14.9. The van der Waals surface area contributed by atoms with Crippen LogP contribution < -0.4 is 0 Å². The first-order valence-corrected chi connectivity index (χ1v) is 11.3. The molecule has 31 heavy (non-hydrogen) atoms. The molecular weight excluding hydrogens is 443 g/mol. The molecule has 1 fully saturated rings. The second kappa shape index (κ2) is 8.63. The van der Waals surface area contributed by atoms with Gasteiger partial charge in [0.25, 0.3) is 0 Å². The van der Waals surface area contributed by atoms with Crippen molar-refractivity contribution in [3.63, 3.8) is 0 Å². The van der Waals surface area contributed by atoms with Gasteiger partial charge in [0.1, 0.15) is 11.7 Å². The van der Waals surface area contributed by atoms with E-state index in [0.717, 1.165) is 24.3 Å². The van der Waals surface area contributed by atoms with Crippen molar-refractivity contribution in [3.05, 3.63) is 53.6 Å². The second-order valence-corrected chi connectivity index (χ2v) is 10.4. The largest absolute Gasteiger partial charge is 0.416 e. The zero-order valence-corrected chi connectivity index (χ0v) is 17.3. The maximum Gasteiger partial charge on any atom is 0.416 e. The van der Waals surface area contributed by atoms with Gasteiger partial charge in [-0.1, -0.05) is 0 Å². The third-order valence-corrected chi connectivity index (χ3v) is 8.95. The highest BCUT2D eigenvalue weighted by atomic mass is 32.2. The molecule has 0 aliphatic heterocycles. The Kier molecular flexibility index (Phi) is 6.65. The molecule has 2 aliphatic rings. The van der Waals surface area contributed by atoms with Gasteiger partial charge in [-0.3, -0.25) is 0 Å². The first-order valence-electron chi connectivity index (χ1n) is 9.85.